The summed E-state index contributed by atoms with van der Waals surface area (Å²) in [6.07, 6.45) is 3.63. The summed E-state index contributed by atoms with van der Waals surface area (Å²) in [5, 5.41) is 3.05. The molecule has 0 bridgehead atoms. The third-order valence-electron chi connectivity index (χ3n) is 7.10. The number of hydrogen-bond acceptors (Lipinski definition) is 6. The number of aryl methyl sites for hydroxylation is 1. The number of thioether (sulfide) groups is 1. The van der Waals surface area contributed by atoms with Gasteiger partial charge in [0.2, 0.25) is 5.91 Å². The number of anilines is 2. The van der Waals surface area contributed by atoms with Gasteiger partial charge in [0.05, 0.1) is 17.0 Å². The van der Waals surface area contributed by atoms with Crippen LogP contribution in [0.4, 0.5) is 15.8 Å². The highest BCUT2D eigenvalue weighted by Gasteiger charge is 2.16. The molecule has 0 unspecified atom stereocenters. The molecule has 0 aliphatic carbocycles. The number of para-hydroxylation sites is 1. The summed E-state index contributed by atoms with van der Waals surface area (Å²) >= 11 is 1.64. The zero-order valence-electron chi connectivity index (χ0n) is 26.0. The molecule has 1 amide bonds. The lowest BCUT2D eigenvalue weighted by Gasteiger charge is -2.19. The number of nitrogens with one attached hydrogen (secondary N) is 1. The Bertz CT molecular complexity index is 1550. The van der Waals surface area contributed by atoms with Crippen molar-refractivity contribution in [3.63, 3.8) is 0 Å². The van der Waals surface area contributed by atoms with Crippen LogP contribution >= 0.6 is 11.8 Å². The molecule has 0 spiro atoms. The molecule has 1 N–H and O–H groups in total. The van der Waals surface area contributed by atoms with E-state index in [1.54, 1.807) is 48.1 Å². The lowest BCUT2D eigenvalue weighted by Crippen LogP contribution is -2.27. The van der Waals surface area contributed by atoms with Crippen LogP contribution in [0.2, 0.25) is 0 Å². The van der Waals surface area contributed by atoms with Crippen LogP contribution in [0.5, 0.6) is 11.5 Å². The Balaban J connectivity index is 1.39. The quantitative estimate of drug-likeness (QED) is 0.136. The SMILES string of the molecule is C=C(CC(=O)N(C)c1ccccc1)Nc1ccc(Oc2ccnc(CC)c2SCc2ccc(CN(C)CCC)cc2)c(F)c1. The van der Waals surface area contributed by atoms with Crippen molar-refractivity contribution in [3.8, 4) is 11.5 Å². The first-order valence-corrected chi connectivity index (χ1v) is 15.9. The van der Waals surface area contributed by atoms with Crippen molar-refractivity contribution in [1.29, 1.82) is 0 Å². The Labute approximate surface area is 265 Å². The number of rotatable bonds is 15. The maximum atomic E-state index is 15.2. The van der Waals surface area contributed by atoms with E-state index in [0.717, 1.165) is 48.0 Å². The molecule has 0 atom stereocenters. The molecule has 0 radical (unpaired) electrons. The molecule has 0 aliphatic rings. The van der Waals surface area contributed by atoms with Gasteiger partial charge in [-0.3, -0.25) is 9.78 Å². The van der Waals surface area contributed by atoms with Gasteiger partial charge < -0.3 is 19.9 Å². The minimum Gasteiger partial charge on any atom is -0.453 e. The van der Waals surface area contributed by atoms with E-state index >= 15 is 4.39 Å². The minimum atomic E-state index is -0.523. The second kappa shape index (κ2) is 16.1. The summed E-state index contributed by atoms with van der Waals surface area (Å²) in [6.45, 7) is 10.2. The summed E-state index contributed by atoms with van der Waals surface area (Å²) in [5.41, 5.74) is 5.14. The van der Waals surface area contributed by atoms with Crippen molar-refractivity contribution in [2.75, 3.05) is 30.9 Å². The summed E-state index contributed by atoms with van der Waals surface area (Å²) in [5.74, 6) is 0.769. The fourth-order valence-corrected chi connectivity index (χ4v) is 5.87. The van der Waals surface area contributed by atoms with Crippen LogP contribution in [-0.4, -0.2) is 36.4 Å². The van der Waals surface area contributed by atoms with E-state index in [2.05, 4.69) is 60.0 Å². The van der Waals surface area contributed by atoms with Crippen LogP contribution in [0.15, 0.2) is 102 Å². The van der Waals surface area contributed by atoms with Crippen LogP contribution in [0.25, 0.3) is 0 Å². The Kier molecular flexibility index (Phi) is 12.0. The van der Waals surface area contributed by atoms with Crippen molar-refractivity contribution in [1.82, 2.24) is 9.88 Å². The maximum absolute atomic E-state index is 15.2. The molecule has 3 aromatic carbocycles. The molecule has 4 rings (SSSR count). The average Bonchev–Trinajstić information content (AvgIpc) is 3.02. The highest BCUT2D eigenvalue weighted by atomic mass is 32.2. The first-order valence-electron chi connectivity index (χ1n) is 14.9. The van der Waals surface area contributed by atoms with Crippen molar-refractivity contribution in [2.45, 2.75) is 50.3 Å². The number of carbonyl (C=O) groups is 1. The van der Waals surface area contributed by atoms with E-state index in [1.807, 2.05) is 37.3 Å². The Morgan fingerprint density at radius 3 is 2.39 bits per heavy atom. The molecule has 44 heavy (non-hydrogen) atoms. The molecule has 4 aromatic rings. The number of aromatic nitrogens is 1. The molecular weight excluding hydrogens is 571 g/mol. The van der Waals surface area contributed by atoms with Crippen molar-refractivity contribution < 1.29 is 13.9 Å². The third kappa shape index (κ3) is 9.18. The number of pyridine rings is 1. The highest BCUT2D eigenvalue weighted by molar-refractivity contribution is 7.98. The van der Waals surface area contributed by atoms with E-state index in [9.17, 15) is 4.79 Å². The second-order valence-electron chi connectivity index (χ2n) is 10.7. The van der Waals surface area contributed by atoms with Gasteiger partial charge in [-0.15, -0.1) is 11.8 Å². The van der Waals surface area contributed by atoms with Gasteiger partial charge in [0.25, 0.3) is 0 Å². The van der Waals surface area contributed by atoms with Crippen LogP contribution < -0.4 is 15.0 Å². The molecule has 0 fully saturated rings. The number of amides is 1. The van der Waals surface area contributed by atoms with Crippen molar-refractivity contribution >= 4 is 29.0 Å². The maximum Gasteiger partial charge on any atom is 0.232 e. The van der Waals surface area contributed by atoms with Gasteiger partial charge in [0.15, 0.2) is 11.6 Å². The molecule has 1 aromatic heterocycles. The zero-order valence-corrected chi connectivity index (χ0v) is 26.8. The van der Waals surface area contributed by atoms with Crippen molar-refractivity contribution in [3.05, 3.63) is 120 Å². The fourth-order valence-electron chi connectivity index (χ4n) is 4.75. The van der Waals surface area contributed by atoms with E-state index in [4.69, 9.17) is 4.74 Å². The Morgan fingerprint density at radius 2 is 1.70 bits per heavy atom. The van der Waals surface area contributed by atoms with Gasteiger partial charge >= 0.3 is 0 Å². The van der Waals surface area contributed by atoms with Crippen molar-refractivity contribution in [2.24, 2.45) is 0 Å². The van der Waals surface area contributed by atoms with Crippen LogP contribution in [-0.2, 0) is 23.5 Å². The second-order valence-corrected chi connectivity index (χ2v) is 11.7. The van der Waals surface area contributed by atoms with E-state index in [0.29, 0.717) is 17.1 Å². The normalized spacial score (nSPS) is 11.0. The number of benzene rings is 3. The largest absolute Gasteiger partial charge is 0.453 e. The van der Waals surface area contributed by atoms with E-state index in [1.165, 1.54) is 17.2 Å². The van der Waals surface area contributed by atoms with E-state index < -0.39 is 5.82 Å². The molecule has 230 valence electrons. The molecule has 6 nitrogen and oxygen atoms in total. The molecule has 1 heterocycles. The topological polar surface area (TPSA) is 57.7 Å². The first kappa shape index (κ1) is 32.8. The predicted octanol–water partition coefficient (Wildman–Crippen LogP) is 8.69. The first-order chi connectivity index (χ1) is 21.3. The van der Waals surface area contributed by atoms with Gasteiger partial charge in [-0.1, -0.05) is 62.9 Å². The lowest BCUT2D eigenvalue weighted by atomic mass is 10.1. The van der Waals surface area contributed by atoms with Gasteiger partial charge in [-0.05, 0) is 61.8 Å². The lowest BCUT2D eigenvalue weighted by molar-refractivity contribution is -0.117. The molecule has 0 saturated carbocycles. The number of halogens is 1. The summed E-state index contributed by atoms with van der Waals surface area (Å²) < 4.78 is 21.4. The Hall–Kier alpha value is -4.14. The van der Waals surface area contributed by atoms with Crippen LogP contribution in [0.3, 0.4) is 0 Å². The summed E-state index contributed by atoms with van der Waals surface area (Å²) in [4.78, 5) is 22.0. The molecule has 8 heteroatoms. The molecule has 0 aliphatic heterocycles. The minimum absolute atomic E-state index is 0.0707. The van der Waals surface area contributed by atoms with Gasteiger partial charge in [0.1, 0.15) is 5.75 Å². The number of ether oxygens (including phenoxy) is 1. The summed E-state index contributed by atoms with van der Waals surface area (Å²) in [7, 11) is 3.86. The van der Waals surface area contributed by atoms with Crippen LogP contribution in [0.1, 0.15) is 43.5 Å². The van der Waals surface area contributed by atoms with E-state index in [-0.39, 0.29) is 18.1 Å². The zero-order chi connectivity index (χ0) is 31.5. The third-order valence-corrected chi connectivity index (χ3v) is 8.30. The highest BCUT2D eigenvalue weighted by Crippen LogP contribution is 2.38. The fraction of sp³-hybridized carbons (Fsp3) is 0.278. The van der Waals surface area contributed by atoms with Gasteiger partial charge in [-0.25, -0.2) is 4.39 Å². The Morgan fingerprint density at radius 1 is 0.977 bits per heavy atom. The summed E-state index contributed by atoms with van der Waals surface area (Å²) in [6, 6.07) is 24.5. The number of carbonyl (C=O) groups excluding carboxylic acids is 1. The average molecular weight is 613 g/mol. The van der Waals surface area contributed by atoms with Gasteiger partial charge in [-0.2, -0.15) is 0 Å². The number of nitrogens with zero attached hydrogens (tertiary/aromatic N) is 3. The predicted molar refractivity (Wildman–Crippen MR) is 180 cm³/mol. The standard InChI is InChI=1S/C36H41FN4O2S/c1-6-21-40(4)24-27-13-15-28(16-14-27)25-44-36-32(7-2)38-20-19-34(36)43-33-18-17-29(23-31(33)37)39-26(3)22-35(42)41(5)30-11-9-8-10-12-30/h8-20,23,39H,3,6-7,21-22,24-25H2,1-2,4-5H3. The molecule has 0 saturated heterocycles. The van der Waals surface area contributed by atoms with Gasteiger partial charge in [0, 0.05) is 54.7 Å². The van der Waals surface area contributed by atoms with Crippen LogP contribution in [0, 0.1) is 5.82 Å². The molecular formula is C36H41FN4O2S. The number of hydrogen-bond donors (Lipinski definition) is 1. The smallest absolute Gasteiger partial charge is 0.232 e. The monoisotopic (exact) mass is 612 g/mol.